The van der Waals surface area contributed by atoms with Crippen LogP contribution in [0.25, 0.3) is 21.8 Å². The Bertz CT molecular complexity index is 1490. The topological polar surface area (TPSA) is 102 Å². The molecular weight excluding hydrogens is 475 g/mol. The number of nitrogens with zero attached hydrogens (tertiary/aromatic N) is 6. The smallest absolute Gasteiger partial charge is 0.383 e. The van der Waals surface area contributed by atoms with Gasteiger partial charge in [0.05, 0.1) is 59.2 Å². The number of pyridine rings is 2. The van der Waals surface area contributed by atoms with Crippen molar-refractivity contribution in [3.8, 4) is 0 Å². The van der Waals surface area contributed by atoms with Gasteiger partial charge in [0.25, 0.3) is 5.91 Å². The highest BCUT2D eigenvalue weighted by molar-refractivity contribution is 6.10. The predicted octanol–water partition coefficient (Wildman–Crippen LogP) is 3.15. The third-order valence-electron chi connectivity index (χ3n) is 6.83. The molecule has 0 aliphatic carbocycles. The van der Waals surface area contributed by atoms with Gasteiger partial charge < -0.3 is 10.5 Å². The van der Waals surface area contributed by atoms with Crippen molar-refractivity contribution in [2.24, 2.45) is 7.05 Å². The van der Waals surface area contributed by atoms with Crippen molar-refractivity contribution in [2.45, 2.75) is 31.3 Å². The summed E-state index contributed by atoms with van der Waals surface area (Å²) in [6, 6.07) is 7.47. The largest absolute Gasteiger partial charge is 0.417 e. The van der Waals surface area contributed by atoms with Crippen molar-refractivity contribution >= 4 is 33.5 Å². The molecular formula is C24H22F3N7O2. The Labute approximate surface area is 203 Å². The van der Waals surface area contributed by atoms with E-state index in [-0.39, 0.29) is 24.6 Å². The lowest BCUT2D eigenvalue weighted by Crippen LogP contribution is -2.51. The predicted molar refractivity (Wildman–Crippen MR) is 124 cm³/mol. The summed E-state index contributed by atoms with van der Waals surface area (Å²) < 4.78 is 46.4. The van der Waals surface area contributed by atoms with Crippen LogP contribution in [0.4, 0.5) is 19.0 Å². The Kier molecular flexibility index (Phi) is 5.12. The minimum absolute atomic E-state index is 0.0131. The van der Waals surface area contributed by atoms with Gasteiger partial charge in [0, 0.05) is 30.7 Å². The van der Waals surface area contributed by atoms with E-state index in [9.17, 15) is 18.0 Å². The maximum atomic E-state index is 13.9. The first-order valence-corrected chi connectivity index (χ1v) is 11.4. The number of hydrogen-bond acceptors (Lipinski definition) is 7. The third-order valence-corrected chi connectivity index (χ3v) is 6.83. The minimum Gasteiger partial charge on any atom is -0.383 e. The Balaban J connectivity index is 1.39. The molecule has 36 heavy (non-hydrogen) atoms. The van der Waals surface area contributed by atoms with Gasteiger partial charge in [-0.25, -0.2) is 9.99 Å². The summed E-state index contributed by atoms with van der Waals surface area (Å²) >= 11 is 0. The number of benzene rings is 1. The molecule has 2 aliphatic heterocycles. The zero-order valence-electron chi connectivity index (χ0n) is 19.2. The number of halogens is 3. The SMILES string of the molecule is Cn1ncc2c(N)nc3ccc(C(=O)N(Cc4ccc(C(F)(F)F)cn4)N4CC5CC4CO5)cc3c21. The summed E-state index contributed by atoms with van der Waals surface area (Å²) in [6.07, 6.45) is -1.24. The molecule has 12 heteroatoms. The Morgan fingerprint density at radius 2 is 2.06 bits per heavy atom. The molecule has 2 bridgehead atoms. The number of aryl methyl sites for hydroxylation is 1. The van der Waals surface area contributed by atoms with Crippen LogP contribution in [0, 0.1) is 0 Å². The molecule has 2 N–H and O–H groups in total. The number of carbonyl (C=O) groups excluding carboxylic acids is 1. The number of aromatic nitrogens is 4. The van der Waals surface area contributed by atoms with Crippen LogP contribution in [0.15, 0.2) is 42.7 Å². The summed E-state index contributed by atoms with van der Waals surface area (Å²) in [5.41, 5.74) is 7.40. The number of anilines is 1. The number of carbonyl (C=O) groups is 1. The average molecular weight is 497 g/mol. The molecule has 5 heterocycles. The van der Waals surface area contributed by atoms with Crippen LogP contribution in [0.5, 0.6) is 0 Å². The van der Waals surface area contributed by atoms with E-state index in [0.29, 0.717) is 41.1 Å². The van der Waals surface area contributed by atoms with E-state index >= 15 is 0 Å². The van der Waals surface area contributed by atoms with Crippen molar-refractivity contribution in [3.05, 3.63) is 59.5 Å². The van der Waals surface area contributed by atoms with Gasteiger partial charge in [0.15, 0.2) is 0 Å². The van der Waals surface area contributed by atoms with E-state index < -0.39 is 11.7 Å². The molecule has 0 saturated carbocycles. The zero-order valence-corrected chi connectivity index (χ0v) is 19.2. The van der Waals surface area contributed by atoms with Crippen molar-refractivity contribution in [3.63, 3.8) is 0 Å². The standard InChI is InChI=1S/C24H22F3N7O2/c1-32-21-18-6-13(2-5-20(18)31-22(28)19(21)9-30-32)23(35)34(33-11-17-7-16(33)12-36-17)10-15-4-3-14(8-29-15)24(25,26)27/h2-6,8-9,16-17H,7,10-12H2,1H3,(H2,28,31). The summed E-state index contributed by atoms with van der Waals surface area (Å²) in [7, 11) is 1.79. The number of alkyl halides is 3. The molecule has 1 amide bonds. The van der Waals surface area contributed by atoms with Crippen LogP contribution in [-0.2, 0) is 24.5 Å². The first-order chi connectivity index (χ1) is 17.2. The van der Waals surface area contributed by atoms with Gasteiger partial charge in [-0.15, -0.1) is 0 Å². The molecule has 6 rings (SSSR count). The normalized spacial score (nSPS) is 20.0. The van der Waals surface area contributed by atoms with Gasteiger partial charge in [-0.2, -0.15) is 18.3 Å². The van der Waals surface area contributed by atoms with Crippen LogP contribution in [-0.4, -0.2) is 61.0 Å². The van der Waals surface area contributed by atoms with Crippen LogP contribution < -0.4 is 5.73 Å². The van der Waals surface area contributed by atoms with Gasteiger partial charge in [0.1, 0.15) is 5.82 Å². The maximum Gasteiger partial charge on any atom is 0.417 e. The molecule has 2 fully saturated rings. The molecule has 0 radical (unpaired) electrons. The van der Waals surface area contributed by atoms with Crippen molar-refractivity contribution in [2.75, 3.05) is 18.9 Å². The molecule has 0 spiro atoms. The van der Waals surface area contributed by atoms with Crippen molar-refractivity contribution in [1.29, 1.82) is 0 Å². The minimum atomic E-state index is -4.48. The Morgan fingerprint density at radius 1 is 1.22 bits per heavy atom. The first-order valence-electron chi connectivity index (χ1n) is 11.4. The summed E-state index contributed by atoms with van der Waals surface area (Å²) in [5, 5.41) is 9.20. The highest BCUT2D eigenvalue weighted by atomic mass is 19.4. The lowest BCUT2D eigenvalue weighted by molar-refractivity contribution is -0.137. The van der Waals surface area contributed by atoms with Crippen molar-refractivity contribution in [1.82, 2.24) is 29.8 Å². The fourth-order valence-corrected chi connectivity index (χ4v) is 5.03. The van der Waals surface area contributed by atoms with Gasteiger partial charge in [-0.1, -0.05) is 0 Å². The fraction of sp³-hybridized carbons (Fsp3) is 0.333. The van der Waals surface area contributed by atoms with Crippen LogP contribution >= 0.6 is 0 Å². The van der Waals surface area contributed by atoms with Gasteiger partial charge in [-0.05, 0) is 36.8 Å². The highest BCUT2D eigenvalue weighted by Crippen LogP contribution is 2.33. The van der Waals surface area contributed by atoms with Gasteiger partial charge in [-0.3, -0.25) is 19.5 Å². The molecule has 2 aliphatic rings. The second-order valence-corrected chi connectivity index (χ2v) is 9.13. The number of hydrogen-bond donors (Lipinski definition) is 1. The van der Waals surface area contributed by atoms with Crippen LogP contribution in [0.3, 0.4) is 0 Å². The molecule has 2 atom stereocenters. The second-order valence-electron chi connectivity index (χ2n) is 9.13. The van der Waals surface area contributed by atoms with Crippen molar-refractivity contribution < 1.29 is 22.7 Å². The number of nitrogen functional groups attached to an aromatic ring is 1. The van der Waals surface area contributed by atoms with E-state index in [1.54, 1.807) is 41.1 Å². The lowest BCUT2D eigenvalue weighted by atomic mass is 10.1. The highest BCUT2D eigenvalue weighted by Gasteiger charge is 2.43. The molecule has 4 aromatic rings. The first kappa shape index (κ1) is 22.7. The number of ether oxygens (including phenoxy) is 1. The van der Waals surface area contributed by atoms with Gasteiger partial charge >= 0.3 is 6.18 Å². The Hall–Kier alpha value is -3.77. The van der Waals surface area contributed by atoms with E-state index in [4.69, 9.17) is 10.5 Å². The van der Waals surface area contributed by atoms with Crippen LogP contribution in [0.2, 0.25) is 0 Å². The summed E-state index contributed by atoms with van der Waals surface area (Å²) in [5.74, 6) is 0.0612. The number of fused-ring (bicyclic) bond motifs is 5. The zero-order chi connectivity index (χ0) is 25.2. The number of hydrazine groups is 1. The molecule has 2 saturated heterocycles. The molecule has 9 nitrogen and oxygen atoms in total. The second kappa shape index (κ2) is 8.14. The summed E-state index contributed by atoms with van der Waals surface area (Å²) in [6.45, 7) is 1.04. The van der Waals surface area contributed by atoms with Crippen LogP contribution in [0.1, 0.15) is 28.0 Å². The molecule has 2 unspecified atom stereocenters. The summed E-state index contributed by atoms with van der Waals surface area (Å²) in [4.78, 5) is 22.3. The molecule has 1 aromatic carbocycles. The van der Waals surface area contributed by atoms with E-state index in [1.807, 2.05) is 5.01 Å². The quantitative estimate of drug-likeness (QED) is 0.462. The number of rotatable bonds is 4. The Morgan fingerprint density at radius 3 is 2.72 bits per heavy atom. The maximum absolute atomic E-state index is 13.9. The lowest BCUT2D eigenvalue weighted by Gasteiger charge is -2.37. The fourth-order valence-electron chi connectivity index (χ4n) is 5.03. The number of morpholine rings is 1. The van der Waals surface area contributed by atoms with E-state index in [1.165, 1.54) is 6.07 Å². The average Bonchev–Trinajstić information content (AvgIpc) is 3.58. The van der Waals surface area contributed by atoms with Gasteiger partial charge in [0.2, 0.25) is 0 Å². The van der Waals surface area contributed by atoms with E-state index in [0.717, 1.165) is 29.6 Å². The number of nitrogens with two attached hydrogens (primary N) is 1. The third kappa shape index (κ3) is 3.73. The molecule has 186 valence electrons. The number of amides is 1. The van der Waals surface area contributed by atoms with E-state index in [2.05, 4.69) is 15.1 Å². The monoisotopic (exact) mass is 497 g/mol. The molecule has 3 aromatic heterocycles.